The predicted octanol–water partition coefficient (Wildman–Crippen LogP) is 4.57. The van der Waals surface area contributed by atoms with Gasteiger partial charge < -0.3 is 14.8 Å². The first-order chi connectivity index (χ1) is 13.3. The van der Waals surface area contributed by atoms with Gasteiger partial charge in [0.25, 0.3) is 11.6 Å². The zero-order valence-corrected chi connectivity index (χ0v) is 17.0. The number of hydrogen-bond donors (Lipinski definition) is 1. The molecule has 0 saturated carbocycles. The molecule has 0 bridgehead atoms. The number of nitro groups is 1. The van der Waals surface area contributed by atoms with Gasteiger partial charge in [0.2, 0.25) is 0 Å². The van der Waals surface area contributed by atoms with Crippen LogP contribution in [0.25, 0.3) is 6.08 Å². The average molecular weight is 467 g/mol. The first kappa shape index (κ1) is 21.2. The zero-order chi connectivity index (χ0) is 20.8. The minimum atomic E-state index is -0.731. The third-order valence-electron chi connectivity index (χ3n) is 3.53. The Balaban J connectivity index is 2.34. The fourth-order valence-corrected chi connectivity index (χ4v) is 3.07. The Labute approximate surface area is 173 Å². The maximum Gasteiger partial charge on any atom is 0.289 e. The zero-order valence-electron chi connectivity index (χ0n) is 14.7. The van der Waals surface area contributed by atoms with Crippen molar-refractivity contribution in [2.75, 3.05) is 19.5 Å². The molecule has 0 radical (unpaired) electrons. The lowest BCUT2D eigenvalue weighted by atomic mass is 10.1. The monoisotopic (exact) mass is 465 g/mol. The molecule has 0 aliphatic rings. The van der Waals surface area contributed by atoms with E-state index in [2.05, 4.69) is 21.2 Å². The van der Waals surface area contributed by atoms with Crippen LogP contribution in [0.3, 0.4) is 0 Å². The first-order valence-electron chi connectivity index (χ1n) is 7.59. The molecule has 0 aliphatic heterocycles. The summed E-state index contributed by atoms with van der Waals surface area (Å²) in [5.41, 5.74) is 0.0801. The largest absolute Gasteiger partial charge is 0.493 e. The second kappa shape index (κ2) is 9.21. The number of nitriles is 1. The van der Waals surface area contributed by atoms with E-state index in [0.29, 0.717) is 21.5 Å². The molecule has 0 fully saturated rings. The smallest absolute Gasteiger partial charge is 0.289 e. The van der Waals surface area contributed by atoms with Crippen molar-refractivity contribution in [3.63, 3.8) is 0 Å². The van der Waals surface area contributed by atoms with E-state index in [1.807, 2.05) is 0 Å². The van der Waals surface area contributed by atoms with Gasteiger partial charge in [-0.2, -0.15) is 5.26 Å². The third kappa shape index (κ3) is 4.79. The van der Waals surface area contributed by atoms with Crippen molar-refractivity contribution in [2.24, 2.45) is 0 Å². The Hall–Kier alpha value is -3.09. The Morgan fingerprint density at radius 2 is 2.04 bits per heavy atom. The fraction of sp³-hybridized carbons (Fsp3) is 0.111. The lowest BCUT2D eigenvalue weighted by Gasteiger charge is -2.11. The van der Waals surface area contributed by atoms with E-state index < -0.39 is 10.8 Å². The molecule has 0 aromatic heterocycles. The van der Waals surface area contributed by atoms with E-state index in [1.165, 1.54) is 32.4 Å². The summed E-state index contributed by atoms with van der Waals surface area (Å²) in [6.45, 7) is 0. The maximum absolute atomic E-state index is 12.4. The highest BCUT2D eigenvalue weighted by Crippen LogP contribution is 2.37. The Morgan fingerprint density at radius 1 is 1.32 bits per heavy atom. The molecule has 0 aliphatic carbocycles. The third-order valence-corrected chi connectivity index (χ3v) is 4.44. The van der Waals surface area contributed by atoms with Crippen LogP contribution in [0.4, 0.5) is 11.4 Å². The normalized spacial score (nSPS) is 10.8. The van der Waals surface area contributed by atoms with Gasteiger partial charge in [0, 0.05) is 11.8 Å². The van der Waals surface area contributed by atoms with Crippen molar-refractivity contribution in [3.05, 3.63) is 61.1 Å². The summed E-state index contributed by atoms with van der Waals surface area (Å²) in [6, 6.07) is 8.86. The quantitative estimate of drug-likeness (QED) is 0.288. The molecule has 0 unspecified atom stereocenters. The van der Waals surface area contributed by atoms with Crippen molar-refractivity contribution in [1.29, 1.82) is 5.26 Å². The van der Waals surface area contributed by atoms with E-state index in [4.69, 9.17) is 21.1 Å². The van der Waals surface area contributed by atoms with Crippen molar-refractivity contribution in [1.82, 2.24) is 0 Å². The molecule has 144 valence electrons. The number of carbonyl (C=O) groups is 1. The summed E-state index contributed by atoms with van der Waals surface area (Å²) in [4.78, 5) is 22.7. The summed E-state index contributed by atoms with van der Waals surface area (Å²) in [5.74, 6) is 0.148. The van der Waals surface area contributed by atoms with Gasteiger partial charge in [-0.15, -0.1) is 0 Å². The summed E-state index contributed by atoms with van der Waals surface area (Å²) >= 11 is 9.08. The number of nitrogens with one attached hydrogen (secondary N) is 1. The second-order valence-corrected chi connectivity index (χ2v) is 6.55. The van der Waals surface area contributed by atoms with Gasteiger partial charge in [-0.3, -0.25) is 14.9 Å². The fourth-order valence-electron chi connectivity index (χ4n) is 2.27. The number of carbonyl (C=O) groups excluding carboxylic acids is 1. The number of ether oxygens (including phenoxy) is 2. The molecule has 1 amide bonds. The summed E-state index contributed by atoms with van der Waals surface area (Å²) in [7, 11) is 2.95. The number of nitrogens with zero attached hydrogens (tertiary/aromatic N) is 2. The molecule has 0 heterocycles. The van der Waals surface area contributed by atoms with E-state index >= 15 is 0 Å². The van der Waals surface area contributed by atoms with E-state index in [9.17, 15) is 20.2 Å². The van der Waals surface area contributed by atoms with Gasteiger partial charge in [0.1, 0.15) is 16.7 Å². The Bertz CT molecular complexity index is 1020. The van der Waals surface area contributed by atoms with Gasteiger partial charge in [-0.25, -0.2) is 0 Å². The van der Waals surface area contributed by atoms with Crippen LogP contribution >= 0.6 is 27.5 Å². The predicted molar refractivity (Wildman–Crippen MR) is 108 cm³/mol. The van der Waals surface area contributed by atoms with Crippen molar-refractivity contribution in [2.45, 2.75) is 0 Å². The molecule has 0 saturated heterocycles. The molecule has 0 atom stereocenters. The van der Waals surface area contributed by atoms with E-state index in [1.54, 1.807) is 18.2 Å². The lowest BCUT2D eigenvalue weighted by Crippen LogP contribution is -2.13. The minimum absolute atomic E-state index is 0.0609. The number of rotatable bonds is 6. The second-order valence-electron chi connectivity index (χ2n) is 5.29. The highest BCUT2D eigenvalue weighted by molar-refractivity contribution is 9.10. The van der Waals surface area contributed by atoms with Crippen molar-refractivity contribution in [3.8, 4) is 17.6 Å². The van der Waals surface area contributed by atoms with Crippen LogP contribution in [0.5, 0.6) is 11.5 Å². The molecular weight excluding hydrogens is 454 g/mol. The summed E-state index contributed by atoms with van der Waals surface area (Å²) in [5, 5.41) is 22.7. The van der Waals surface area contributed by atoms with Crippen LogP contribution in [0.2, 0.25) is 5.02 Å². The topological polar surface area (TPSA) is 114 Å². The van der Waals surface area contributed by atoms with Crippen LogP contribution in [-0.2, 0) is 4.79 Å². The maximum atomic E-state index is 12.4. The highest BCUT2D eigenvalue weighted by atomic mass is 79.9. The lowest BCUT2D eigenvalue weighted by molar-refractivity contribution is -0.384. The molecule has 2 aromatic carbocycles. The van der Waals surface area contributed by atoms with Gasteiger partial charge >= 0.3 is 0 Å². The molecular formula is C18H13BrClN3O5. The number of nitro benzene ring substituents is 1. The molecule has 0 spiro atoms. The number of halogens is 2. The van der Waals surface area contributed by atoms with Gasteiger partial charge in [0.05, 0.1) is 23.6 Å². The minimum Gasteiger partial charge on any atom is -0.493 e. The van der Waals surface area contributed by atoms with Crippen molar-refractivity contribution < 1.29 is 19.2 Å². The van der Waals surface area contributed by atoms with Gasteiger partial charge in [-0.05, 0) is 51.8 Å². The van der Waals surface area contributed by atoms with Crippen LogP contribution in [0.15, 0.2) is 40.4 Å². The summed E-state index contributed by atoms with van der Waals surface area (Å²) < 4.78 is 11.0. The standard InChI is InChI=1S/C18H13BrClN3O5/c1-27-16-7-10(6-13(19)17(16)28-2)5-11(9-21)18(24)22-12-3-4-14(20)15(8-12)23(25)26/h3-8H,1-2H3,(H,22,24)/b11-5+. The molecule has 2 rings (SSSR count). The SMILES string of the molecule is COc1cc(/C=C(\C#N)C(=O)Nc2ccc(Cl)c([N+](=O)[O-])c2)cc(Br)c1OC. The van der Waals surface area contributed by atoms with Crippen LogP contribution < -0.4 is 14.8 Å². The Kier molecular flexibility index (Phi) is 6.98. The number of hydrogen-bond acceptors (Lipinski definition) is 6. The first-order valence-corrected chi connectivity index (χ1v) is 8.76. The van der Waals surface area contributed by atoms with Crippen LogP contribution in [0, 0.1) is 21.4 Å². The van der Waals surface area contributed by atoms with Gasteiger partial charge in [0.15, 0.2) is 11.5 Å². The number of methoxy groups -OCH3 is 2. The summed E-state index contributed by atoms with van der Waals surface area (Å²) in [6.07, 6.45) is 1.35. The van der Waals surface area contributed by atoms with Gasteiger partial charge in [-0.1, -0.05) is 11.6 Å². The molecule has 10 heteroatoms. The molecule has 2 aromatic rings. The Morgan fingerprint density at radius 3 is 2.61 bits per heavy atom. The van der Waals surface area contributed by atoms with Crippen molar-refractivity contribution >= 4 is 50.9 Å². The van der Waals surface area contributed by atoms with E-state index in [-0.39, 0.29) is 22.0 Å². The number of benzene rings is 2. The molecule has 8 nitrogen and oxygen atoms in total. The van der Waals surface area contributed by atoms with E-state index in [0.717, 1.165) is 6.07 Å². The average Bonchev–Trinajstić information content (AvgIpc) is 2.66. The number of amides is 1. The van der Waals surface area contributed by atoms with Crippen LogP contribution in [0.1, 0.15) is 5.56 Å². The number of anilines is 1. The highest BCUT2D eigenvalue weighted by Gasteiger charge is 2.16. The van der Waals surface area contributed by atoms with Crippen LogP contribution in [-0.4, -0.2) is 25.1 Å². The molecule has 28 heavy (non-hydrogen) atoms. The molecule has 1 N–H and O–H groups in total.